The Balaban J connectivity index is 1.79. The summed E-state index contributed by atoms with van der Waals surface area (Å²) in [4.78, 5) is 12.0. The van der Waals surface area contributed by atoms with E-state index in [9.17, 15) is 4.79 Å². The molecule has 1 saturated carbocycles. The van der Waals surface area contributed by atoms with Crippen molar-refractivity contribution in [2.75, 3.05) is 0 Å². The zero-order valence-electron chi connectivity index (χ0n) is 11.9. The minimum atomic E-state index is 0.0295. The Morgan fingerprint density at radius 2 is 1.95 bits per heavy atom. The summed E-state index contributed by atoms with van der Waals surface area (Å²) in [5.41, 5.74) is 4.97. The van der Waals surface area contributed by atoms with Gasteiger partial charge in [0.1, 0.15) is 0 Å². The largest absolute Gasteiger partial charge is 0.349 e. The first kappa shape index (κ1) is 12.9. The second-order valence-electron chi connectivity index (χ2n) is 5.49. The van der Waals surface area contributed by atoms with Crippen molar-refractivity contribution in [3.63, 3.8) is 0 Å². The van der Waals surface area contributed by atoms with Gasteiger partial charge >= 0.3 is 0 Å². The van der Waals surface area contributed by atoms with Crippen LogP contribution in [-0.2, 0) is 0 Å². The van der Waals surface area contributed by atoms with Crippen LogP contribution in [0.1, 0.15) is 41.0 Å². The van der Waals surface area contributed by atoms with Crippen LogP contribution in [0.4, 0.5) is 0 Å². The number of carbonyl (C=O) groups is 1. The van der Waals surface area contributed by atoms with Crippen LogP contribution in [0, 0.1) is 13.8 Å². The summed E-state index contributed by atoms with van der Waals surface area (Å²) in [6.07, 6.45) is 3.44. The first-order valence-electron chi connectivity index (χ1n) is 7.08. The van der Waals surface area contributed by atoms with Crippen molar-refractivity contribution in [2.24, 2.45) is 0 Å². The lowest BCUT2D eigenvalue weighted by atomic mass is 9.93. The van der Waals surface area contributed by atoms with Crippen LogP contribution < -0.4 is 5.32 Å². The minimum Gasteiger partial charge on any atom is -0.349 e. The maximum atomic E-state index is 12.0. The third-order valence-electron chi connectivity index (χ3n) is 4.00. The highest BCUT2D eigenvalue weighted by Crippen LogP contribution is 2.25. The summed E-state index contributed by atoms with van der Waals surface area (Å²) in [5.74, 6) is 0.0295. The molecule has 4 nitrogen and oxygen atoms in total. The molecular weight excluding hydrogens is 250 g/mol. The fourth-order valence-electron chi connectivity index (χ4n) is 2.59. The molecule has 1 aromatic carbocycles. The number of aromatic amines is 1. The monoisotopic (exact) mass is 269 g/mol. The number of rotatable bonds is 3. The van der Waals surface area contributed by atoms with Crippen LogP contribution in [0.5, 0.6) is 0 Å². The lowest BCUT2D eigenvalue weighted by molar-refractivity contribution is 0.0917. The van der Waals surface area contributed by atoms with Crippen LogP contribution in [0.3, 0.4) is 0 Å². The molecule has 1 aromatic heterocycles. The zero-order chi connectivity index (χ0) is 14.1. The second-order valence-corrected chi connectivity index (χ2v) is 5.49. The predicted octanol–water partition coefficient (Wildman–Crippen LogP) is 2.98. The van der Waals surface area contributed by atoms with Gasteiger partial charge in [0, 0.05) is 22.9 Å². The molecule has 3 rings (SSSR count). The van der Waals surface area contributed by atoms with Gasteiger partial charge in [-0.2, -0.15) is 5.10 Å². The molecule has 4 heteroatoms. The van der Waals surface area contributed by atoms with E-state index in [1.54, 1.807) is 0 Å². The van der Waals surface area contributed by atoms with Crippen molar-refractivity contribution in [3.8, 4) is 11.1 Å². The summed E-state index contributed by atoms with van der Waals surface area (Å²) in [6.45, 7) is 3.99. The van der Waals surface area contributed by atoms with Gasteiger partial charge in [-0.05, 0) is 50.8 Å². The molecule has 0 aliphatic heterocycles. The number of carbonyl (C=O) groups excluding carboxylic acids is 1. The van der Waals surface area contributed by atoms with Crippen molar-refractivity contribution in [1.82, 2.24) is 15.5 Å². The van der Waals surface area contributed by atoms with Crippen LogP contribution >= 0.6 is 0 Å². The fraction of sp³-hybridized carbons (Fsp3) is 0.375. The SMILES string of the molecule is Cc1n[nH]c(C)c1-c1ccc(C(=O)NC2CCC2)cc1. The minimum absolute atomic E-state index is 0.0295. The number of nitrogens with zero attached hydrogens (tertiary/aromatic N) is 1. The molecule has 1 fully saturated rings. The number of benzene rings is 1. The third kappa shape index (κ3) is 2.33. The van der Waals surface area contributed by atoms with Gasteiger partial charge in [0.05, 0.1) is 5.69 Å². The van der Waals surface area contributed by atoms with E-state index in [1.165, 1.54) is 6.42 Å². The normalized spacial score (nSPS) is 14.9. The summed E-state index contributed by atoms with van der Waals surface area (Å²) in [7, 11) is 0. The maximum absolute atomic E-state index is 12.0. The van der Waals surface area contributed by atoms with Crippen molar-refractivity contribution >= 4 is 5.91 Å². The first-order chi connectivity index (χ1) is 9.65. The summed E-state index contributed by atoms with van der Waals surface area (Å²) in [5, 5.41) is 10.2. The number of hydrogen-bond donors (Lipinski definition) is 2. The topological polar surface area (TPSA) is 57.8 Å². The number of H-pyrrole nitrogens is 1. The summed E-state index contributed by atoms with van der Waals surface area (Å²) >= 11 is 0. The first-order valence-corrected chi connectivity index (χ1v) is 7.08. The summed E-state index contributed by atoms with van der Waals surface area (Å²) < 4.78 is 0. The molecule has 0 bridgehead atoms. The lowest BCUT2D eigenvalue weighted by Crippen LogP contribution is -2.39. The highest BCUT2D eigenvalue weighted by Gasteiger charge is 2.20. The van der Waals surface area contributed by atoms with E-state index in [-0.39, 0.29) is 5.91 Å². The molecule has 2 N–H and O–H groups in total. The van der Waals surface area contributed by atoms with Crippen LogP contribution in [0.2, 0.25) is 0 Å². The molecule has 1 amide bonds. The van der Waals surface area contributed by atoms with E-state index >= 15 is 0 Å². The van der Waals surface area contributed by atoms with Crippen LogP contribution in [0.15, 0.2) is 24.3 Å². The van der Waals surface area contributed by atoms with E-state index < -0.39 is 0 Å². The molecule has 0 saturated heterocycles. The van der Waals surface area contributed by atoms with Crippen LogP contribution in [0.25, 0.3) is 11.1 Å². The average molecular weight is 269 g/mol. The number of amides is 1. The molecule has 0 atom stereocenters. The molecule has 20 heavy (non-hydrogen) atoms. The van der Waals surface area contributed by atoms with Gasteiger partial charge < -0.3 is 5.32 Å². The molecule has 2 aromatic rings. The summed E-state index contributed by atoms with van der Waals surface area (Å²) in [6, 6.07) is 8.12. The quantitative estimate of drug-likeness (QED) is 0.900. The van der Waals surface area contributed by atoms with Gasteiger partial charge in [-0.15, -0.1) is 0 Å². The number of aromatic nitrogens is 2. The van der Waals surface area contributed by atoms with Crippen molar-refractivity contribution < 1.29 is 4.79 Å². The van der Waals surface area contributed by atoms with E-state index in [0.29, 0.717) is 6.04 Å². The average Bonchev–Trinajstić information content (AvgIpc) is 2.73. The standard InChI is InChI=1S/C16H19N3O/c1-10-15(11(2)19-18-10)12-6-8-13(9-7-12)16(20)17-14-4-3-5-14/h6-9,14H,3-5H2,1-2H3,(H,17,20)(H,18,19). The molecule has 0 spiro atoms. The van der Waals surface area contributed by atoms with Gasteiger partial charge in [0.15, 0.2) is 0 Å². The van der Waals surface area contributed by atoms with Gasteiger partial charge in [0.2, 0.25) is 0 Å². The third-order valence-corrected chi connectivity index (χ3v) is 4.00. The van der Waals surface area contributed by atoms with Gasteiger partial charge in [-0.25, -0.2) is 0 Å². The van der Waals surface area contributed by atoms with Crippen molar-refractivity contribution in [1.29, 1.82) is 0 Å². The number of nitrogens with one attached hydrogen (secondary N) is 2. The second kappa shape index (κ2) is 5.12. The molecule has 0 radical (unpaired) electrons. The molecule has 1 aliphatic carbocycles. The van der Waals surface area contributed by atoms with Gasteiger partial charge in [-0.1, -0.05) is 12.1 Å². The Morgan fingerprint density at radius 3 is 2.45 bits per heavy atom. The Bertz CT molecular complexity index is 604. The fourth-order valence-corrected chi connectivity index (χ4v) is 2.59. The highest BCUT2D eigenvalue weighted by molar-refractivity contribution is 5.95. The Hall–Kier alpha value is -2.10. The van der Waals surface area contributed by atoms with Gasteiger partial charge in [0.25, 0.3) is 5.91 Å². The van der Waals surface area contributed by atoms with E-state index in [4.69, 9.17) is 0 Å². The maximum Gasteiger partial charge on any atom is 0.251 e. The van der Waals surface area contributed by atoms with Crippen LogP contribution in [-0.4, -0.2) is 22.1 Å². The van der Waals surface area contributed by atoms with E-state index in [1.807, 2.05) is 38.1 Å². The molecular formula is C16H19N3O. The van der Waals surface area contributed by atoms with Crippen molar-refractivity contribution in [2.45, 2.75) is 39.2 Å². The van der Waals surface area contributed by atoms with Gasteiger partial charge in [-0.3, -0.25) is 9.89 Å². The number of aryl methyl sites for hydroxylation is 2. The molecule has 1 heterocycles. The molecule has 104 valence electrons. The molecule has 1 aliphatic rings. The van der Waals surface area contributed by atoms with Crippen molar-refractivity contribution in [3.05, 3.63) is 41.2 Å². The highest BCUT2D eigenvalue weighted by atomic mass is 16.1. The number of hydrogen-bond acceptors (Lipinski definition) is 2. The molecule has 0 unspecified atom stereocenters. The lowest BCUT2D eigenvalue weighted by Gasteiger charge is -2.26. The Labute approximate surface area is 118 Å². The predicted molar refractivity (Wildman–Crippen MR) is 78.6 cm³/mol. The smallest absolute Gasteiger partial charge is 0.251 e. The zero-order valence-corrected chi connectivity index (χ0v) is 11.9. The van der Waals surface area contributed by atoms with E-state index in [0.717, 1.165) is 40.9 Å². The van der Waals surface area contributed by atoms with E-state index in [2.05, 4.69) is 15.5 Å². The Morgan fingerprint density at radius 1 is 1.25 bits per heavy atom. The Kier molecular flexibility index (Phi) is 3.30.